The van der Waals surface area contributed by atoms with Gasteiger partial charge in [0.25, 0.3) is 5.91 Å². The Morgan fingerprint density at radius 1 is 1.10 bits per heavy atom. The summed E-state index contributed by atoms with van der Waals surface area (Å²) in [6, 6.07) is 8.33. The molecule has 3 aromatic rings. The third-order valence-electron chi connectivity index (χ3n) is 5.71. The van der Waals surface area contributed by atoms with Crippen LogP contribution in [0, 0.1) is 0 Å². The molecular weight excluding hydrogens is 459 g/mol. The predicted molar refractivity (Wildman–Crippen MR) is 118 cm³/mol. The normalized spacial score (nSPS) is 20.7. The number of anilines is 1. The molecule has 0 spiro atoms. The zero-order valence-corrected chi connectivity index (χ0v) is 18.6. The van der Waals surface area contributed by atoms with Crippen LogP contribution in [0.4, 0.5) is 5.69 Å². The number of nitrogens with zero attached hydrogens (tertiary/aromatic N) is 6. The molecule has 2 fully saturated rings. The Bertz CT molecular complexity index is 1130. The number of carbonyl (C=O) groups is 2. The second kappa shape index (κ2) is 8.31. The summed E-state index contributed by atoms with van der Waals surface area (Å²) < 4.78 is 0. The Morgan fingerprint density at radius 2 is 1.90 bits per heavy atom. The molecule has 0 aliphatic carbocycles. The minimum Gasteiger partial charge on any atom is -0.291 e. The van der Waals surface area contributed by atoms with E-state index in [1.807, 2.05) is 17.5 Å². The molecule has 1 aromatic carbocycles. The van der Waals surface area contributed by atoms with Gasteiger partial charge < -0.3 is 0 Å². The maximum Gasteiger partial charge on any atom is 0.251 e. The quantitative estimate of drug-likeness (QED) is 0.534. The summed E-state index contributed by atoms with van der Waals surface area (Å²) in [5.74, 6) is 0.135. The van der Waals surface area contributed by atoms with Crippen LogP contribution >= 0.6 is 34.5 Å². The first-order chi connectivity index (χ1) is 15.0. The topological polar surface area (TPSA) is 84.2 Å². The van der Waals surface area contributed by atoms with E-state index in [4.69, 9.17) is 23.2 Å². The van der Waals surface area contributed by atoms with Gasteiger partial charge in [0, 0.05) is 18.1 Å². The van der Waals surface area contributed by atoms with Gasteiger partial charge in [-0.1, -0.05) is 29.3 Å². The van der Waals surface area contributed by atoms with Crippen molar-refractivity contribution >= 4 is 52.0 Å². The number of likely N-dealkylation sites (tertiary alicyclic amines) is 1. The molecule has 0 saturated carbocycles. The molecule has 1 atom stereocenters. The van der Waals surface area contributed by atoms with Crippen LogP contribution in [0.1, 0.15) is 25.3 Å². The molecule has 2 aliphatic heterocycles. The fraction of sp³-hybridized carbons (Fsp3) is 0.350. The zero-order chi connectivity index (χ0) is 21.5. The summed E-state index contributed by atoms with van der Waals surface area (Å²) >= 11 is 13.8. The van der Waals surface area contributed by atoms with Crippen LogP contribution in [0.25, 0.3) is 10.7 Å². The van der Waals surface area contributed by atoms with Gasteiger partial charge >= 0.3 is 0 Å². The van der Waals surface area contributed by atoms with Gasteiger partial charge in [-0.25, -0.2) is 4.90 Å². The lowest BCUT2D eigenvalue weighted by Crippen LogP contribution is -2.46. The standard InChI is InChI=1S/C20H18Cl2N6O2S/c21-12-3-4-15(14(22)10-12)27-18(29)11-16(20(27)30)26-7-5-13(6-8-26)28-24-19(23-25-28)17-2-1-9-31-17/h1-4,9-10,13,16H,5-8,11H2/t16-/m0/s1. The van der Waals surface area contributed by atoms with Gasteiger partial charge in [0.15, 0.2) is 0 Å². The van der Waals surface area contributed by atoms with Gasteiger partial charge in [0.2, 0.25) is 11.7 Å². The molecule has 2 aromatic heterocycles. The van der Waals surface area contributed by atoms with Crippen LogP contribution in [0.2, 0.25) is 10.0 Å². The molecule has 5 rings (SSSR count). The Balaban J connectivity index is 1.26. The average Bonchev–Trinajstić information content (AvgIpc) is 3.50. The van der Waals surface area contributed by atoms with Crippen molar-refractivity contribution in [2.75, 3.05) is 18.0 Å². The molecule has 2 saturated heterocycles. The summed E-state index contributed by atoms with van der Waals surface area (Å²) in [7, 11) is 0. The largest absolute Gasteiger partial charge is 0.291 e. The van der Waals surface area contributed by atoms with E-state index in [9.17, 15) is 9.59 Å². The van der Waals surface area contributed by atoms with E-state index >= 15 is 0 Å². The number of halogens is 2. The van der Waals surface area contributed by atoms with Crippen molar-refractivity contribution in [3.8, 4) is 10.7 Å². The lowest BCUT2D eigenvalue weighted by molar-refractivity contribution is -0.123. The second-order valence-electron chi connectivity index (χ2n) is 7.56. The van der Waals surface area contributed by atoms with Crippen molar-refractivity contribution in [2.45, 2.75) is 31.3 Å². The van der Waals surface area contributed by atoms with E-state index in [-0.39, 0.29) is 29.3 Å². The number of tetrazole rings is 1. The molecule has 31 heavy (non-hydrogen) atoms. The van der Waals surface area contributed by atoms with Crippen LogP contribution in [0.5, 0.6) is 0 Å². The highest BCUT2D eigenvalue weighted by Gasteiger charge is 2.44. The number of aromatic nitrogens is 4. The molecular formula is C20H18Cl2N6O2S. The van der Waals surface area contributed by atoms with Crippen LogP contribution in [0.15, 0.2) is 35.7 Å². The number of imide groups is 1. The Kier molecular flexibility index (Phi) is 5.51. The molecule has 0 unspecified atom stereocenters. The SMILES string of the molecule is O=C1C[C@H](N2CCC(n3nnc(-c4cccs4)n3)CC2)C(=O)N1c1ccc(Cl)cc1Cl. The van der Waals surface area contributed by atoms with Gasteiger partial charge in [-0.3, -0.25) is 14.5 Å². The van der Waals surface area contributed by atoms with Crippen molar-refractivity contribution in [1.82, 2.24) is 25.1 Å². The van der Waals surface area contributed by atoms with Crippen molar-refractivity contribution < 1.29 is 9.59 Å². The fourth-order valence-electron chi connectivity index (χ4n) is 4.13. The summed E-state index contributed by atoms with van der Waals surface area (Å²) in [5.41, 5.74) is 0.381. The maximum atomic E-state index is 13.1. The monoisotopic (exact) mass is 476 g/mol. The van der Waals surface area contributed by atoms with E-state index in [2.05, 4.69) is 20.3 Å². The smallest absolute Gasteiger partial charge is 0.251 e. The molecule has 4 heterocycles. The highest BCUT2D eigenvalue weighted by atomic mass is 35.5. The Morgan fingerprint density at radius 3 is 2.61 bits per heavy atom. The highest BCUT2D eigenvalue weighted by Crippen LogP contribution is 2.34. The summed E-state index contributed by atoms with van der Waals surface area (Å²) in [6.45, 7) is 1.35. The van der Waals surface area contributed by atoms with Gasteiger partial charge in [-0.05, 0) is 47.7 Å². The van der Waals surface area contributed by atoms with E-state index < -0.39 is 6.04 Å². The lowest BCUT2D eigenvalue weighted by Gasteiger charge is -2.34. The molecule has 11 heteroatoms. The average molecular weight is 477 g/mol. The first kappa shape index (κ1) is 20.6. The highest BCUT2D eigenvalue weighted by molar-refractivity contribution is 7.13. The van der Waals surface area contributed by atoms with Gasteiger partial charge in [0.05, 0.1) is 34.1 Å². The lowest BCUT2D eigenvalue weighted by atomic mass is 10.0. The van der Waals surface area contributed by atoms with E-state index in [1.54, 1.807) is 28.3 Å². The number of hydrogen-bond donors (Lipinski definition) is 0. The van der Waals surface area contributed by atoms with Crippen molar-refractivity contribution in [3.05, 3.63) is 45.8 Å². The van der Waals surface area contributed by atoms with Crippen molar-refractivity contribution in [1.29, 1.82) is 0 Å². The third kappa shape index (κ3) is 3.87. The van der Waals surface area contributed by atoms with Gasteiger partial charge in [0.1, 0.15) is 0 Å². The number of rotatable bonds is 4. The van der Waals surface area contributed by atoms with Gasteiger partial charge in [-0.2, -0.15) is 4.80 Å². The Labute approximate surface area is 192 Å². The second-order valence-corrected chi connectivity index (χ2v) is 9.35. The minimum absolute atomic E-state index is 0.117. The van der Waals surface area contributed by atoms with Crippen molar-refractivity contribution in [2.24, 2.45) is 0 Å². The summed E-state index contributed by atoms with van der Waals surface area (Å²) in [6.07, 6.45) is 1.70. The number of amides is 2. The van der Waals surface area contributed by atoms with Crippen LogP contribution < -0.4 is 4.90 Å². The van der Waals surface area contributed by atoms with Crippen LogP contribution in [-0.2, 0) is 9.59 Å². The molecule has 160 valence electrons. The number of hydrogen-bond acceptors (Lipinski definition) is 7. The molecule has 0 N–H and O–H groups in total. The zero-order valence-electron chi connectivity index (χ0n) is 16.3. The number of carbonyl (C=O) groups excluding carboxylic acids is 2. The first-order valence-electron chi connectivity index (χ1n) is 9.90. The number of piperidine rings is 1. The maximum absolute atomic E-state index is 13.1. The predicted octanol–water partition coefficient (Wildman–Crippen LogP) is 3.68. The minimum atomic E-state index is -0.481. The number of thiophene rings is 1. The van der Waals surface area contributed by atoms with Crippen molar-refractivity contribution in [3.63, 3.8) is 0 Å². The van der Waals surface area contributed by atoms with Gasteiger partial charge in [-0.15, -0.1) is 21.5 Å². The molecule has 2 aliphatic rings. The first-order valence-corrected chi connectivity index (χ1v) is 11.5. The van der Waals surface area contributed by atoms with E-state index in [1.165, 1.54) is 11.0 Å². The Hall–Kier alpha value is -2.33. The van der Waals surface area contributed by atoms with Crippen LogP contribution in [0.3, 0.4) is 0 Å². The fourth-order valence-corrected chi connectivity index (χ4v) is 5.27. The summed E-state index contributed by atoms with van der Waals surface area (Å²) in [4.78, 5) is 31.6. The van der Waals surface area contributed by atoms with Crippen LogP contribution in [-0.4, -0.2) is 56.1 Å². The molecule has 8 nitrogen and oxygen atoms in total. The number of benzene rings is 1. The van der Waals surface area contributed by atoms with E-state index in [0.29, 0.717) is 29.6 Å². The van der Waals surface area contributed by atoms with E-state index in [0.717, 1.165) is 17.7 Å². The molecule has 0 radical (unpaired) electrons. The molecule has 0 bridgehead atoms. The summed E-state index contributed by atoms with van der Waals surface area (Å²) in [5, 5.41) is 15.6. The molecule has 2 amide bonds. The third-order valence-corrected chi connectivity index (χ3v) is 7.11.